The number of carboxylic acid groups (broad SMARTS) is 1. The SMILES string of the molecule is Cc1ccccc1N(CCc1c[nH]c2ccccc12)C(=O)O. The molecule has 2 N–H and O–H groups in total. The Morgan fingerprint density at radius 3 is 2.64 bits per heavy atom. The molecule has 0 radical (unpaired) electrons. The van der Waals surface area contributed by atoms with Gasteiger partial charge in [-0.3, -0.25) is 4.90 Å². The molecule has 0 saturated carbocycles. The van der Waals surface area contributed by atoms with Crippen molar-refractivity contribution in [2.45, 2.75) is 13.3 Å². The lowest BCUT2D eigenvalue weighted by Crippen LogP contribution is -2.31. The third-order valence-corrected chi connectivity index (χ3v) is 3.92. The van der Waals surface area contributed by atoms with E-state index < -0.39 is 6.09 Å². The Kier molecular flexibility index (Phi) is 3.83. The quantitative estimate of drug-likeness (QED) is 0.757. The maximum absolute atomic E-state index is 11.6. The minimum atomic E-state index is -0.922. The van der Waals surface area contributed by atoms with Gasteiger partial charge in [0.15, 0.2) is 0 Å². The summed E-state index contributed by atoms with van der Waals surface area (Å²) < 4.78 is 0. The van der Waals surface area contributed by atoms with Crippen LogP contribution in [-0.2, 0) is 6.42 Å². The fourth-order valence-corrected chi connectivity index (χ4v) is 2.76. The fourth-order valence-electron chi connectivity index (χ4n) is 2.76. The number of fused-ring (bicyclic) bond motifs is 1. The number of aryl methyl sites for hydroxylation is 1. The predicted octanol–water partition coefficient (Wildman–Crippen LogP) is 4.20. The molecule has 0 atom stereocenters. The Morgan fingerprint density at radius 2 is 1.86 bits per heavy atom. The van der Waals surface area contributed by atoms with Gasteiger partial charge in [-0.05, 0) is 36.6 Å². The van der Waals surface area contributed by atoms with Gasteiger partial charge in [0.25, 0.3) is 0 Å². The Morgan fingerprint density at radius 1 is 1.14 bits per heavy atom. The number of benzene rings is 2. The second-order valence-corrected chi connectivity index (χ2v) is 5.33. The van der Waals surface area contributed by atoms with E-state index in [-0.39, 0.29) is 0 Å². The molecule has 0 aliphatic rings. The summed E-state index contributed by atoms with van der Waals surface area (Å²) in [6.07, 6.45) is 1.71. The first-order chi connectivity index (χ1) is 10.7. The third kappa shape index (κ3) is 2.68. The zero-order valence-electron chi connectivity index (χ0n) is 12.4. The second kappa shape index (κ2) is 5.93. The van der Waals surface area contributed by atoms with E-state index in [1.165, 1.54) is 4.90 Å². The van der Waals surface area contributed by atoms with Gasteiger partial charge in [0.1, 0.15) is 0 Å². The molecule has 1 heterocycles. The van der Waals surface area contributed by atoms with Gasteiger partial charge in [-0.1, -0.05) is 36.4 Å². The van der Waals surface area contributed by atoms with E-state index in [2.05, 4.69) is 11.1 Å². The molecule has 0 unspecified atom stereocenters. The highest BCUT2D eigenvalue weighted by Gasteiger charge is 2.16. The summed E-state index contributed by atoms with van der Waals surface area (Å²) in [5.41, 5.74) is 3.92. The number of anilines is 1. The molecular formula is C18H18N2O2. The summed E-state index contributed by atoms with van der Waals surface area (Å²) in [6.45, 7) is 2.36. The molecule has 3 rings (SSSR count). The number of rotatable bonds is 4. The highest BCUT2D eigenvalue weighted by Crippen LogP contribution is 2.22. The number of nitrogens with zero attached hydrogens (tertiary/aromatic N) is 1. The van der Waals surface area contributed by atoms with Crippen LogP contribution in [0.25, 0.3) is 10.9 Å². The molecule has 1 amide bonds. The smallest absolute Gasteiger partial charge is 0.411 e. The van der Waals surface area contributed by atoms with Crippen LogP contribution in [0.3, 0.4) is 0 Å². The topological polar surface area (TPSA) is 56.3 Å². The third-order valence-electron chi connectivity index (χ3n) is 3.92. The van der Waals surface area contributed by atoms with Crippen molar-refractivity contribution in [2.24, 2.45) is 0 Å². The van der Waals surface area contributed by atoms with E-state index in [9.17, 15) is 9.90 Å². The largest absolute Gasteiger partial charge is 0.465 e. The first-order valence-corrected chi connectivity index (χ1v) is 7.28. The molecule has 0 aliphatic carbocycles. The van der Waals surface area contributed by atoms with E-state index in [0.717, 1.165) is 27.7 Å². The van der Waals surface area contributed by atoms with Gasteiger partial charge < -0.3 is 10.1 Å². The molecule has 0 aliphatic heterocycles. The molecule has 0 bridgehead atoms. The molecule has 0 saturated heterocycles. The predicted molar refractivity (Wildman–Crippen MR) is 88.6 cm³/mol. The summed E-state index contributed by atoms with van der Waals surface area (Å²) in [6, 6.07) is 15.6. The standard InChI is InChI=1S/C18H18N2O2/c1-13-6-2-5-9-17(13)20(18(21)22)11-10-14-12-19-16-8-4-3-7-15(14)16/h2-9,12,19H,10-11H2,1H3,(H,21,22). The molecule has 0 fully saturated rings. The average Bonchev–Trinajstić information content (AvgIpc) is 2.92. The normalized spacial score (nSPS) is 10.8. The molecule has 3 aromatic rings. The van der Waals surface area contributed by atoms with Crippen molar-refractivity contribution >= 4 is 22.7 Å². The molecule has 4 nitrogen and oxygen atoms in total. The van der Waals surface area contributed by atoms with Crippen LogP contribution >= 0.6 is 0 Å². The first kappa shape index (κ1) is 14.2. The minimum Gasteiger partial charge on any atom is -0.465 e. The average molecular weight is 294 g/mol. The summed E-state index contributed by atoms with van der Waals surface area (Å²) in [7, 11) is 0. The fraction of sp³-hybridized carbons (Fsp3) is 0.167. The first-order valence-electron chi connectivity index (χ1n) is 7.28. The minimum absolute atomic E-state index is 0.433. The van der Waals surface area contributed by atoms with Crippen molar-refractivity contribution in [1.82, 2.24) is 4.98 Å². The van der Waals surface area contributed by atoms with Gasteiger partial charge in [0, 0.05) is 29.3 Å². The highest BCUT2D eigenvalue weighted by molar-refractivity contribution is 5.87. The van der Waals surface area contributed by atoms with Gasteiger partial charge in [0.2, 0.25) is 0 Å². The van der Waals surface area contributed by atoms with Crippen molar-refractivity contribution in [3.8, 4) is 0 Å². The zero-order valence-corrected chi connectivity index (χ0v) is 12.4. The molecule has 112 valence electrons. The molecule has 22 heavy (non-hydrogen) atoms. The summed E-state index contributed by atoms with van der Waals surface area (Å²) in [4.78, 5) is 16.2. The van der Waals surface area contributed by atoms with E-state index in [1.54, 1.807) is 0 Å². The van der Waals surface area contributed by atoms with Crippen molar-refractivity contribution in [2.75, 3.05) is 11.4 Å². The zero-order chi connectivity index (χ0) is 15.5. The van der Waals surface area contributed by atoms with Crippen LogP contribution in [0.1, 0.15) is 11.1 Å². The highest BCUT2D eigenvalue weighted by atomic mass is 16.4. The lowest BCUT2D eigenvalue weighted by atomic mass is 10.1. The van der Waals surface area contributed by atoms with Crippen LogP contribution in [0, 0.1) is 6.92 Å². The molecular weight excluding hydrogens is 276 g/mol. The Labute approximate surface area is 129 Å². The van der Waals surface area contributed by atoms with E-state index in [0.29, 0.717) is 13.0 Å². The van der Waals surface area contributed by atoms with Crippen molar-refractivity contribution < 1.29 is 9.90 Å². The number of carbonyl (C=O) groups is 1. The number of nitrogens with one attached hydrogen (secondary N) is 1. The summed E-state index contributed by atoms with van der Waals surface area (Å²) >= 11 is 0. The van der Waals surface area contributed by atoms with Crippen molar-refractivity contribution in [3.05, 3.63) is 65.9 Å². The van der Waals surface area contributed by atoms with Crippen LogP contribution in [0.5, 0.6) is 0 Å². The van der Waals surface area contributed by atoms with Gasteiger partial charge in [-0.15, -0.1) is 0 Å². The lowest BCUT2D eigenvalue weighted by Gasteiger charge is -2.21. The Bertz CT molecular complexity index is 807. The Balaban J connectivity index is 1.84. The Hall–Kier alpha value is -2.75. The lowest BCUT2D eigenvalue weighted by molar-refractivity contribution is 0.202. The van der Waals surface area contributed by atoms with Gasteiger partial charge >= 0.3 is 6.09 Å². The summed E-state index contributed by atoms with van der Waals surface area (Å²) in [5, 5.41) is 10.7. The number of hydrogen-bond donors (Lipinski definition) is 2. The number of aromatic nitrogens is 1. The second-order valence-electron chi connectivity index (χ2n) is 5.33. The maximum atomic E-state index is 11.6. The molecule has 4 heteroatoms. The van der Waals surface area contributed by atoms with Crippen LogP contribution in [0.15, 0.2) is 54.7 Å². The number of hydrogen-bond acceptors (Lipinski definition) is 1. The van der Waals surface area contributed by atoms with Crippen LogP contribution < -0.4 is 4.90 Å². The van der Waals surface area contributed by atoms with Crippen LogP contribution in [0.2, 0.25) is 0 Å². The van der Waals surface area contributed by atoms with Crippen molar-refractivity contribution in [1.29, 1.82) is 0 Å². The van der Waals surface area contributed by atoms with Gasteiger partial charge in [0.05, 0.1) is 0 Å². The molecule has 0 spiro atoms. The number of H-pyrrole nitrogens is 1. The monoisotopic (exact) mass is 294 g/mol. The van der Waals surface area contributed by atoms with Crippen molar-refractivity contribution in [3.63, 3.8) is 0 Å². The maximum Gasteiger partial charge on any atom is 0.411 e. The van der Waals surface area contributed by atoms with E-state index in [1.807, 2.05) is 55.6 Å². The number of amides is 1. The summed E-state index contributed by atoms with van der Waals surface area (Å²) in [5.74, 6) is 0. The number of para-hydroxylation sites is 2. The van der Waals surface area contributed by atoms with Crippen LogP contribution in [0.4, 0.5) is 10.5 Å². The van der Waals surface area contributed by atoms with Gasteiger partial charge in [-0.25, -0.2) is 4.79 Å². The van der Waals surface area contributed by atoms with Gasteiger partial charge in [-0.2, -0.15) is 0 Å². The van der Waals surface area contributed by atoms with E-state index in [4.69, 9.17) is 0 Å². The number of aromatic amines is 1. The molecule has 1 aromatic heterocycles. The van der Waals surface area contributed by atoms with Crippen LogP contribution in [-0.4, -0.2) is 22.7 Å². The van der Waals surface area contributed by atoms with E-state index >= 15 is 0 Å². The molecule has 2 aromatic carbocycles.